The average molecular weight is 272 g/mol. The summed E-state index contributed by atoms with van der Waals surface area (Å²) in [5.74, 6) is -0.170. The van der Waals surface area contributed by atoms with Gasteiger partial charge in [0.25, 0.3) is 0 Å². The van der Waals surface area contributed by atoms with Gasteiger partial charge in [-0.3, -0.25) is 9.59 Å². The lowest BCUT2D eigenvalue weighted by Gasteiger charge is -2.10. The maximum absolute atomic E-state index is 10.5. The molecule has 0 aromatic carbocycles. The maximum atomic E-state index is 10.5. The Bertz CT molecular complexity index is 245. The van der Waals surface area contributed by atoms with Gasteiger partial charge in [0.1, 0.15) is 0 Å². The van der Waals surface area contributed by atoms with Crippen LogP contribution in [0.25, 0.3) is 0 Å². The van der Waals surface area contributed by atoms with Crippen molar-refractivity contribution in [3.63, 3.8) is 0 Å². The van der Waals surface area contributed by atoms with E-state index in [0.29, 0.717) is 0 Å². The molecular weight excluding hydrogens is 240 g/mol. The number of nitrogens with one attached hydrogen (secondary N) is 1. The third-order valence-corrected chi connectivity index (χ3v) is 2.64. The molecule has 0 unspecified atom stereocenters. The zero-order chi connectivity index (χ0) is 15.3. The fourth-order valence-corrected chi connectivity index (χ4v) is 1.17. The predicted molar refractivity (Wildman–Crippen MR) is 80.7 cm³/mol. The molecule has 114 valence electrons. The number of unbranched alkanes of at least 4 members (excludes halogenated alkanes) is 5. The zero-order valence-corrected chi connectivity index (χ0v) is 13.3. The van der Waals surface area contributed by atoms with Crippen LogP contribution in [-0.2, 0) is 9.59 Å². The third-order valence-electron chi connectivity index (χ3n) is 2.64. The van der Waals surface area contributed by atoms with Crippen molar-refractivity contribution in [1.29, 1.82) is 0 Å². The highest BCUT2D eigenvalue weighted by Gasteiger charge is 2.16. The Morgan fingerprint density at radius 2 is 1.42 bits per heavy atom. The van der Waals surface area contributed by atoms with Gasteiger partial charge in [-0.15, -0.1) is 0 Å². The van der Waals surface area contributed by atoms with Crippen LogP contribution < -0.4 is 11.1 Å². The highest BCUT2D eigenvalue weighted by molar-refractivity contribution is 5.79. The van der Waals surface area contributed by atoms with Crippen molar-refractivity contribution in [2.75, 3.05) is 6.54 Å². The van der Waals surface area contributed by atoms with E-state index in [-0.39, 0.29) is 17.2 Å². The summed E-state index contributed by atoms with van der Waals surface area (Å²) in [6, 6.07) is 0. The second-order valence-corrected chi connectivity index (χ2v) is 5.86. The van der Waals surface area contributed by atoms with Crippen LogP contribution in [0.5, 0.6) is 0 Å². The fourth-order valence-electron chi connectivity index (χ4n) is 1.17. The molecule has 19 heavy (non-hydrogen) atoms. The van der Waals surface area contributed by atoms with Crippen molar-refractivity contribution in [2.45, 2.75) is 73.1 Å². The molecule has 0 saturated heterocycles. The van der Waals surface area contributed by atoms with Crippen LogP contribution in [0.1, 0.15) is 73.1 Å². The number of nitrogens with two attached hydrogens (primary N) is 1. The van der Waals surface area contributed by atoms with Gasteiger partial charge >= 0.3 is 0 Å². The smallest absolute Gasteiger partial charge is 0.222 e. The normalized spacial score (nSPS) is 10.4. The average Bonchev–Trinajstić information content (AvgIpc) is 2.27. The van der Waals surface area contributed by atoms with E-state index in [2.05, 4.69) is 12.2 Å². The molecule has 0 fully saturated rings. The summed E-state index contributed by atoms with van der Waals surface area (Å²) in [6.45, 7) is 10.00. The summed E-state index contributed by atoms with van der Waals surface area (Å²) >= 11 is 0. The highest BCUT2D eigenvalue weighted by atomic mass is 16.1. The minimum Gasteiger partial charge on any atom is -0.369 e. The number of rotatable bonds is 7. The van der Waals surface area contributed by atoms with E-state index in [1.807, 2.05) is 0 Å². The van der Waals surface area contributed by atoms with Gasteiger partial charge in [-0.1, -0.05) is 59.8 Å². The minimum absolute atomic E-state index is 0.0866. The van der Waals surface area contributed by atoms with Crippen LogP contribution in [0.4, 0.5) is 0 Å². The van der Waals surface area contributed by atoms with E-state index in [4.69, 9.17) is 5.73 Å². The molecule has 0 spiro atoms. The molecule has 0 heterocycles. The van der Waals surface area contributed by atoms with Crippen LogP contribution in [0.15, 0.2) is 0 Å². The van der Waals surface area contributed by atoms with Crippen molar-refractivity contribution in [3.8, 4) is 0 Å². The first kappa shape index (κ1) is 20.3. The standard InChI is InChI=1S/C10H21NO.C5H11NO/c1-3-4-5-6-7-8-9-11-10(2)12;1-5(2,3)4(6)7/h3-9H2,1-2H3,(H,11,12);1-3H3,(H2,6,7). The Balaban J connectivity index is 0. The topological polar surface area (TPSA) is 72.2 Å². The molecule has 4 nitrogen and oxygen atoms in total. The van der Waals surface area contributed by atoms with E-state index in [0.717, 1.165) is 13.0 Å². The minimum atomic E-state index is -0.361. The van der Waals surface area contributed by atoms with Crippen molar-refractivity contribution in [2.24, 2.45) is 11.1 Å². The number of primary amides is 1. The van der Waals surface area contributed by atoms with E-state index >= 15 is 0 Å². The Kier molecular flexibility index (Phi) is 12.8. The Labute approximate surface area is 118 Å². The van der Waals surface area contributed by atoms with E-state index in [1.165, 1.54) is 32.1 Å². The number of carbonyl (C=O) groups excluding carboxylic acids is 2. The van der Waals surface area contributed by atoms with Crippen molar-refractivity contribution in [3.05, 3.63) is 0 Å². The molecule has 0 aliphatic carbocycles. The van der Waals surface area contributed by atoms with Crippen molar-refractivity contribution < 1.29 is 9.59 Å². The summed E-state index contributed by atoms with van der Waals surface area (Å²) in [4.78, 5) is 20.7. The van der Waals surface area contributed by atoms with Gasteiger partial charge in [0, 0.05) is 18.9 Å². The number of hydrogen-bond acceptors (Lipinski definition) is 2. The monoisotopic (exact) mass is 272 g/mol. The molecule has 0 radical (unpaired) electrons. The van der Waals surface area contributed by atoms with Gasteiger partial charge in [0.05, 0.1) is 0 Å². The Morgan fingerprint density at radius 3 is 1.79 bits per heavy atom. The second kappa shape index (κ2) is 12.0. The molecule has 0 aromatic rings. The van der Waals surface area contributed by atoms with Crippen LogP contribution in [0.3, 0.4) is 0 Å². The first-order valence-electron chi connectivity index (χ1n) is 7.26. The Morgan fingerprint density at radius 1 is 1.00 bits per heavy atom. The molecule has 0 saturated carbocycles. The molecule has 0 aliphatic heterocycles. The summed E-state index contributed by atoms with van der Waals surface area (Å²) in [5, 5.41) is 2.80. The molecule has 0 aromatic heterocycles. The molecule has 0 atom stereocenters. The predicted octanol–water partition coefficient (Wildman–Crippen LogP) is 3.00. The third kappa shape index (κ3) is 19.5. The van der Waals surface area contributed by atoms with Crippen LogP contribution in [0.2, 0.25) is 0 Å². The van der Waals surface area contributed by atoms with E-state index in [1.54, 1.807) is 27.7 Å². The van der Waals surface area contributed by atoms with Gasteiger partial charge < -0.3 is 11.1 Å². The molecule has 4 heteroatoms. The number of amides is 2. The molecule has 0 rings (SSSR count). The highest BCUT2D eigenvalue weighted by Crippen LogP contribution is 2.09. The lowest BCUT2D eigenvalue weighted by molar-refractivity contribution is -0.125. The number of carbonyl (C=O) groups is 2. The first-order valence-corrected chi connectivity index (χ1v) is 7.26. The lowest BCUT2D eigenvalue weighted by Crippen LogP contribution is -2.27. The van der Waals surface area contributed by atoms with Crippen LogP contribution in [0, 0.1) is 5.41 Å². The van der Waals surface area contributed by atoms with Gasteiger partial charge in [0.15, 0.2) is 0 Å². The second-order valence-electron chi connectivity index (χ2n) is 5.86. The Hall–Kier alpha value is -1.06. The number of hydrogen-bond donors (Lipinski definition) is 2. The molecule has 2 amide bonds. The van der Waals surface area contributed by atoms with Gasteiger partial charge in [0.2, 0.25) is 11.8 Å². The zero-order valence-electron chi connectivity index (χ0n) is 13.3. The van der Waals surface area contributed by atoms with E-state index in [9.17, 15) is 9.59 Å². The maximum Gasteiger partial charge on any atom is 0.222 e. The summed E-state index contributed by atoms with van der Waals surface area (Å²) in [6.07, 6.45) is 7.68. The van der Waals surface area contributed by atoms with Gasteiger partial charge in [-0.25, -0.2) is 0 Å². The largest absolute Gasteiger partial charge is 0.369 e. The molecular formula is C15H32N2O2. The summed E-state index contributed by atoms with van der Waals surface area (Å²) in [5.41, 5.74) is 4.57. The van der Waals surface area contributed by atoms with E-state index < -0.39 is 0 Å². The molecule has 0 aliphatic rings. The summed E-state index contributed by atoms with van der Waals surface area (Å²) in [7, 11) is 0. The van der Waals surface area contributed by atoms with Crippen LogP contribution >= 0.6 is 0 Å². The lowest BCUT2D eigenvalue weighted by atomic mass is 9.96. The molecule has 0 bridgehead atoms. The SMILES string of the molecule is CC(C)(C)C(N)=O.CCCCCCCCNC(C)=O. The summed E-state index contributed by atoms with van der Waals surface area (Å²) < 4.78 is 0. The molecule has 3 N–H and O–H groups in total. The van der Waals surface area contributed by atoms with Crippen molar-refractivity contribution >= 4 is 11.8 Å². The van der Waals surface area contributed by atoms with Gasteiger partial charge in [-0.2, -0.15) is 0 Å². The fraction of sp³-hybridized carbons (Fsp3) is 0.867. The first-order chi connectivity index (χ1) is 8.71. The van der Waals surface area contributed by atoms with Gasteiger partial charge in [-0.05, 0) is 6.42 Å². The quantitative estimate of drug-likeness (QED) is 0.699. The van der Waals surface area contributed by atoms with Crippen LogP contribution in [-0.4, -0.2) is 18.4 Å². The van der Waals surface area contributed by atoms with Crippen molar-refractivity contribution in [1.82, 2.24) is 5.32 Å².